The van der Waals surface area contributed by atoms with Crippen LogP contribution in [0.15, 0.2) is 6.20 Å². The fraction of sp³-hybridized carbons (Fsp3) is 0.600. The molecule has 1 N–H and O–H groups in total. The maximum absolute atomic E-state index is 5.48. The van der Waals surface area contributed by atoms with Gasteiger partial charge >= 0.3 is 0 Å². The molecule has 0 unspecified atom stereocenters. The maximum Gasteiger partial charge on any atom is 0.207 e. The minimum atomic E-state index is 0.574. The minimum Gasteiger partial charge on any atom is -0.488 e. The van der Waals surface area contributed by atoms with Crippen molar-refractivity contribution in [3.63, 3.8) is 0 Å². The van der Waals surface area contributed by atoms with E-state index in [9.17, 15) is 0 Å². The fourth-order valence-electron chi connectivity index (χ4n) is 1.18. The van der Waals surface area contributed by atoms with Gasteiger partial charge in [0.2, 0.25) is 5.75 Å². The van der Waals surface area contributed by atoms with Gasteiger partial charge < -0.3 is 14.8 Å². The summed E-state index contributed by atoms with van der Waals surface area (Å²) in [5.74, 6) is 1.90. The molecule has 0 saturated carbocycles. The summed E-state index contributed by atoms with van der Waals surface area (Å²) in [5, 5.41) is 10.9. The smallest absolute Gasteiger partial charge is 0.207 e. The summed E-state index contributed by atoms with van der Waals surface area (Å²) in [6.45, 7) is 7.76. The molecule has 0 atom stereocenters. The second-order valence-electron chi connectivity index (χ2n) is 2.78. The lowest BCUT2D eigenvalue weighted by atomic mass is 10.4. The van der Waals surface area contributed by atoms with Crippen molar-refractivity contribution in [2.24, 2.45) is 0 Å². The number of rotatable bonds is 6. The van der Waals surface area contributed by atoms with E-state index < -0.39 is 0 Å². The van der Waals surface area contributed by atoms with E-state index in [1.807, 2.05) is 20.8 Å². The van der Waals surface area contributed by atoms with Crippen LogP contribution in [0.4, 0.5) is 5.82 Å². The molecule has 1 heterocycles. The molecule has 1 aromatic heterocycles. The van der Waals surface area contributed by atoms with Crippen molar-refractivity contribution >= 4 is 5.82 Å². The van der Waals surface area contributed by atoms with Crippen LogP contribution in [0.1, 0.15) is 20.8 Å². The Morgan fingerprint density at radius 3 is 2.53 bits per heavy atom. The van der Waals surface area contributed by atoms with Gasteiger partial charge in [0.15, 0.2) is 11.6 Å². The maximum atomic E-state index is 5.48. The highest BCUT2D eigenvalue weighted by Gasteiger charge is 2.12. The summed E-state index contributed by atoms with van der Waals surface area (Å²) in [6, 6.07) is 0. The van der Waals surface area contributed by atoms with Gasteiger partial charge in [0.25, 0.3) is 0 Å². The molecular weight excluding hydrogens is 194 g/mol. The van der Waals surface area contributed by atoms with Crippen LogP contribution in [0.2, 0.25) is 0 Å². The molecule has 15 heavy (non-hydrogen) atoms. The molecule has 0 spiro atoms. The second kappa shape index (κ2) is 6.06. The van der Waals surface area contributed by atoms with Crippen LogP contribution in [0.3, 0.4) is 0 Å². The number of aromatic nitrogens is 2. The summed E-state index contributed by atoms with van der Waals surface area (Å²) in [4.78, 5) is 0. The molecule has 1 rings (SSSR count). The Morgan fingerprint density at radius 1 is 1.20 bits per heavy atom. The summed E-state index contributed by atoms with van der Waals surface area (Å²) in [7, 11) is 0. The molecule has 1 aromatic rings. The van der Waals surface area contributed by atoms with Crippen molar-refractivity contribution < 1.29 is 9.47 Å². The molecule has 0 bridgehead atoms. The van der Waals surface area contributed by atoms with Crippen molar-refractivity contribution in [1.29, 1.82) is 0 Å². The van der Waals surface area contributed by atoms with Crippen LogP contribution in [0.5, 0.6) is 11.5 Å². The lowest BCUT2D eigenvalue weighted by molar-refractivity contribution is 0.286. The van der Waals surface area contributed by atoms with E-state index in [0.717, 1.165) is 6.54 Å². The van der Waals surface area contributed by atoms with E-state index in [1.54, 1.807) is 6.20 Å². The number of hydrogen-bond donors (Lipinski definition) is 1. The van der Waals surface area contributed by atoms with E-state index >= 15 is 0 Å². The van der Waals surface area contributed by atoms with Gasteiger partial charge in [0.1, 0.15) is 0 Å². The number of nitrogens with one attached hydrogen (secondary N) is 1. The van der Waals surface area contributed by atoms with E-state index in [4.69, 9.17) is 9.47 Å². The molecule has 0 fully saturated rings. The average molecular weight is 211 g/mol. The fourth-order valence-corrected chi connectivity index (χ4v) is 1.18. The van der Waals surface area contributed by atoms with Crippen LogP contribution in [-0.4, -0.2) is 30.0 Å². The molecule has 0 saturated heterocycles. The number of nitrogens with zero attached hydrogens (tertiary/aromatic N) is 2. The first-order valence-corrected chi connectivity index (χ1v) is 5.18. The van der Waals surface area contributed by atoms with Gasteiger partial charge in [-0.25, -0.2) is 0 Å². The third-order valence-electron chi connectivity index (χ3n) is 1.70. The first-order chi connectivity index (χ1) is 7.33. The molecule has 5 heteroatoms. The average Bonchev–Trinajstić information content (AvgIpc) is 2.23. The Kier molecular flexibility index (Phi) is 4.66. The van der Waals surface area contributed by atoms with Gasteiger partial charge in [-0.15, -0.1) is 5.10 Å². The summed E-state index contributed by atoms with van der Waals surface area (Å²) < 4.78 is 10.9. The Morgan fingerprint density at radius 2 is 1.93 bits per heavy atom. The summed E-state index contributed by atoms with van der Waals surface area (Å²) in [5.41, 5.74) is 0. The third-order valence-corrected chi connectivity index (χ3v) is 1.70. The third kappa shape index (κ3) is 2.97. The van der Waals surface area contributed by atoms with Crippen LogP contribution in [-0.2, 0) is 0 Å². The van der Waals surface area contributed by atoms with E-state index in [2.05, 4.69) is 15.5 Å². The molecule has 0 radical (unpaired) electrons. The molecule has 84 valence electrons. The number of hydrogen-bond acceptors (Lipinski definition) is 5. The molecule has 0 aliphatic heterocycles. The van der Waals surface area contributed by atoms with Gasteiger partial charge in [0.05, 0.1) is 19.4 Å². The molecule has 0 aromatic carbocycles. The lowest BCUT2D eigenvalue weighted by Crippen LogP contribution is -2.07. The molecule has 5 nitrogen and oxygen atoms in total. The molecule has 0 aliphatic carbocycles. The topological polar surface area (TPSA) is 56.3 Å². The Balaban J connectivity index is 2.97. The van der Waals surface area contributed by atoms with Crippen molar-refractivity contribution in [3.8, 4) is 11.5 Å². The highest BCUT2D eigenvalue weighted by atomic mass is 16.5. The van der Waals surface area contributed by atoms with Gasteiger partial charge in [0, 0.05) is 6.54 Å². The molecule has 0 amide bonds. The lowest BCUT2D eigenvalue weighted by Gasteiger charge is -2.13. The van der Waals surface area contributed by atoms with Crippen molar-refractivity contribution in [2.75, 3.05) is 25.1 Å². The Labute approximate surface area is 89.8 Å². The van der Waals surface area contributed by atoms with Crippen LogP contribution in [0.25, 0.3) is 0 Å². The highest BCUT2D eigenvalue weighted by Crippen LogP contribution is 2.32. The predicted octanol–water partition coefficient (Wildman–Crippen LogP) is 1.71. The normalized spacial score (nSPS) is 9.80. The van der Waals surface area contributed by atoms with Crippen molar-refractivity contribution in [1.82, 2.24) is 10.2 Å². The van der Waals surface area contributed by atoms with Gasteiger partial charge in [-0.1, -0.05) is 0 Å². The Bertz CT molecular complexity index is 280. The first-order valence-electron chi connectivity index (χ1n) is 5.18. The monoisotopic (exact) mass is 211 g/mol. The quantitative estimate of drug-likeness (QED) is 0.776. The van der Waals surface area contributed by atoms with Crippen LogP contribution < -0.4 is 14.8 Å². The zero-order valence-electron chi connectivity index (χ0n) is 9.41. The molecular formula is C10H17N3O2. The summed E-state index contributed by atoms with van der Waals surface area (Å²) >= 11 is 0. The van der Waals surface area contributed by atoms with Gasteiger partial charge in [-0.05, 0) is 20.8 Å². The number of anilines is 1. The number of ether oxygens (including phenoxy) is 2. The van der Waals surface area contributed by atoms with Crippen LogP contribution >= 0.6 is 0 Å². The highest BCUT2D eigenvalue weighted by molar-refractivity contribution is 5.56. The van der Waals surface area contributed by atoms with Crippen LogP contribution in [0, 0.1) is 0 Å². The largest absolute Gasteiger partial charge is 0.488 e. The van der Waals surface area contributed by atoms with Gasteiger partial charge in [-0.2, -0.15) is 5.10 Å². The first kappa shape index (κ1) is 11.6. The predicted molar refractivity (Wildman–Crippen MR) is 58.5 cm³/mol. The second-order valence-corrected chi connectivity index (χ2v) is 2.78. The van der Waals surface area contributed by atoms with Crippen molar-refractivity contribution in [3.05, 3.63) is 6.20 Å². The van der Waals surface area contributed by atoms with E-state index in [1.165, 1.54) is 0 Å². The standard InChI is InChI=1S/C10H17N3O2/c1-4-11-10-9(15-6-3)8(14-5-2)7-12-13-10/h7H,4-6H2,1-3H3,(H,11,13). The SMILES string of the molecule is CCNc1nncc(OCC)c1OCC. The van der Waals surface area contributed by atoms with E-state index in [0.29, 0.717) is 30.5 Å². The zero-order valence-corrected chi connectivity index (χ0v) is 9.41. The Hall–Kier alpha value is -1.52. The molecule has 0 aliphatic rings. The van der Waals surface area contributed by atoms with Crippen molar-refractivity contribution in [2.45, 2.75) is 20.8 Å². The summed E-state index contributed by atoms with van der Waals surface area (Å²) in [6.07, 6.45) is 1.56. The van der Waals surface area contributed by atoms with E-state index in [-0.39, 0.29) is 0 Å². The van der Waals surface area contributed by atoms with Gasteiger partial charge in [-0.3, -0.25) is 0 Å². The minimum absolute atomic E-state index is 0.574. The zero-order chi connectivity index (χ0) is 11.1.